The fourth-order valence-corrected chi connectivity index (χ4v) is 2.90. The first-order valence-corrected chi connectivity index (χ1v) is 7.86. The molecule has 3 heteroatoms. The van der Waals surface area contributed by atoms with Crippen LogP contribution in [0.5, 0.6) is 5.75 Å². The van der Waals surface area contributed by atoms with Crippen molar-refractivity contribution in [2.24, 2.45) is 5.92 Å². The lowest BCUT2D eigenvalue weighted by atomic mass is 9.98. The predicted molar refractivity (Wildman–Crippen MR) is 84.2 cm³/mol. The number of piperidine rings is 1. The van der Waals surface area contributed by atoms with E-state index in [-0.39, 0.29) is 0 Å². The fraction of sp³-hybridized carbons (Fsp3) is 0.647. The number of ether oxygens (including phenoxy) is 1. The highest BCUT2D eigenvalue weighted by Gasteiger charge is 2.21. The molecule has 0 bridgehead atoms. The average Bonchev–Trinajstić information content (AvgIpc) is 2.48. The largest absolute Gasteiger partial charge is 0.494 e. The van der Waals surface area contributed by atoms with E-state index in [1.807, 2.05) is 20.0 Å². The molecule has 0 amide bonds. The Morgan fingerprint density at radius 1 is 1.30 bits per heavy atom. The van der Waals surface area contributed by atoms with Gasteiger partial charge >= 0.3 is 0 Å². The van der Waals surface area contributed by atoms with Gasteiger partial charge in [-0.1, -0.05) is 25.1 Å². The maximum absolute atomic E-state index is 5.77. The second-order valence-electron chi connectivity index (χ2n) is 5.80. The zero-order valence-corrected chi connectivity index (χ0v) is 13.1. The highest BCUT2D eigenvalue weighted by molar-refractivity contribution is 5.36. The topological polar surface area (TPSA) is 24.5 Å². The van der Waals surface area contributed by atoms with Gasteiger partial charge in [0.15, 0.2) is 0 Å². The van der Waals surface area contributed by atoms with Gasteiger partial charge in [-0.15, -0.1) is 0 Å². The molecule has 1 saturated heterocycles. The van der Waals surface area contributed by atoms with Gasteiger partial charge in [-0.3, -0.25) is 0 Å². The quantitative estimate of drug-likeness (QED) is 0.864. The number of likely N-dealkylation sites (N-methyl/N-ethyl adjacent to an activating group) is 1. The van der Waals surface area contributed by atoms with Crippen LogP contribution in [0.3, 0.4) is 0 Å². The number of benzene rings is 1. The van der Waals surface area contributed by atoms with Gasteiger partial charge in [-0.05, 0) is 51.9 Å². The van der Waals surface area contributed by atoms with Crippen LogP contribution in [0.4, 0.5) is 0 Å². The average molecular weight is 276 g/mol. The SMILES string of the molecule is CCOc1ccccc1C(CN1CCC(C)CC1)NC. The summed E-state index contributed by atoms with van der Waals surface area (Å²) in [7, 11) is 2.04. The summed E-state index contributed by atoms with van der Waals surface area (Å²) in [6.07, 6.45) is 2.65. The van der Waals surface area contributed by atoms with E-state index < -0.39 is 0 Å². The first kappa shape index (κ1) is 15.3. The molecule has 1 heterocycles. The van der Waals surface area contributed by atoms with E-state index in [9.17, 15) is 0 Å². The van der Waals surface area contributed by atoms with E-state index in [0.29, 0.717) is 12.6 Å². The van der Waals surface area contributed by atoms with Gasteiger partial charge in [0.1, 0.15) is 5.75 Å². The first-order valence-electron chi connectivity index (χ1n) is 7.86. The number of hydrogen-bond donors (Lipinski definition) is 1. The van der Waals surface area contributed by atoms with E-state index in [2.05, 4.69) is 35.3 Å². The maximum Gasteiger partial charge on any atom is 0.124 e. The zero-order chi connectivity index (χ0) is 14.4. The summed E-state index contributed by atoms with van der Waals surface area (Å²) in [5, 5.41) is 3.45. The summed E-state index contributed by atoms with van der Waals surface area (Å²) in [6.45, 7) is 8.61. The lowest BCUT2D eigenvalue weighted by molar-refractivity contribution is 0.176. The summed E-state index contributed by atoms with van der Waals surface area (Å²) in [5.74, 6) is 1.90. The number of para-hydroxylation sites is 1. The highest BCUT2D eigenvalue weighted by Crippen LogP contribution is 2.27. The van der Waals surface area contributed by atoms with Crippen LogP contribution in [0.1, 0.15) is 38.3 Å². The van der Waals surface area contributed by atoms with Gasteiger partial charge in [0, 0.05) is 18.2 Å². The van der Waals surface area contributed by atoms with Crippen molar-refractivity contribution >= 4 is 0 Å². The third-order valence-electron chi connectivity index (χ3n) is 4.26. The van der Waals surface area contributed by atoms with Crippen molar-refractivity contribution in [3.63, 3.8) is 0 Å². The maximum atomic E-state index is 5.77. The molecule has 20 heavy (non-hydrogen) atoms. The summed E-state index contributed by atoms with van der Waals surface area (Å²) < 4.78 is 5.77. The fourth-order valence-electron chi connectivity index (χ4n) is 2.90. The number of nitrogens with one attached hydrogen (secondary N) is 1. The van der Waals surface area contributed by atoms with E-state index in [1.54, 1.807) is 0 Å². The molecule has 0 aromatic heterocycles. The molecule has 1 aliphatic rings. The molecule has 1 atom stereocenters. The number of rotatable bonds is 6. The van der Waals surface area contributed by atoms with Crippen molar-refractivity contribution in [3.05, 3.63) is 29.8 Å². The lowest BCUT2D eigenvalue weighted by Gasteiger charge is -2.33. The van der Waals surface area contributed by atoms with Crippen molar-refractivity contribution in [3.8, 4) is 5.75 Å². The number of hydrogen-bond acceptors (Lipinski definition) is 3. The normalized spacial score (nSPS) is 18.9. The minimum absolute atomic E-state index is 0.339. The molecule has 1 aliphatic heterocycles. The molecular formula is C17H28N2O. The van der Waals surface area contributed by atoms with Gasteiger partial charge in [0.05, 0.1) is 6.61 Å². The van der Waals surface area contributed by atoms with Crippen molar-refractivity contribution in [2.75, 3.05) is 33.3 Å². The Kier molecular flexibility index (Phi) is 5.86. The summed E-state index contributed by atoms with van der Waals surface area (Å²) in [6, 6.07) is 8.73. The van der Waals surface area contributed by atoms with Gasteiger partial charge < -0.3 is 15.0 Å². The molecule has 0 radical (unpaired) electrons. The van der Waals surface area contributed by atoms with Crippen LogP contribution in [0.15, 0.2) is 24.3 Å². The number of nitrogens with zero attached hydrogens (tertiary/aromatic N) is 1. The zero-order valence-electron chi connectivity index (χ0n) is 13.1. The molecule has 1 unspecified atom stereocenters. The number of likely N-dealkylation sites (tertiary alicyclic amines) is 1. The van der Waals surface area contributed by atoms with Gasteiger partial charge in [-0.25, -0.2) is 0 Å². The minimum Gasteiger partial charge on any atom is -0.494 e. The minimum atomic E-state index is 0.339. The van der Waals surface area contributed by atoms with Crippen molar-refractivity contribution in [2.45, 2.75) is 32.7 Å². The smallest absolute Gasteiger partial charge is 0.124 e. The van der Waals surface area contributed by atoms with Crippen molar-refractivity contribution in [1.29, 1.82) is 0 Å². The molecular weight excluding hydrogens is 248 g/mol. The van der Waals surface area contributed by atoms with Gasteiger partial charge in [0.2, 0.25) is 0 Å². The summed E-state index contributed by atoms with van der Waals surface area (Å²) in [4.78, 5) is 2.57. The Balaban J connectivity index is 2.04. The van der Waals surface area contributed by atoms with E-state index in [4.69, 9.17) is 4.74 Å². The van der Waals surface area contributed by atoms with Crippen LogP contribution in [0.2, 0.25) is 0 Å². The van der Waals surface area contributed by atoms with Crippen molar-refractivity contribution in [1.82, 2.24) is 10.2 Å². The van der Waals surface area contributed by atoms with E-state index >= 15 is 0 Å². The first-order chi connectivity index (χ1) is 9.74. The van der Waals surface area contributed by atoms with Gasteiger partial charge in [0.25, 0.3) is 0 Å². The molecule has 0 aliphatic carbocycles. The van der Waals surface area contributed by atoms with Crippen LogP contribution in [-0.4, -0.2) is 38.2 Å². The molecule has 0 saturated carbocycles. The Morgan fingerprint density at radius 2 is 2.00 bits per heavy atom. The van der Waals surface area contributed by atoms with Crippen LogP contribution in [0, 0.1) is 5.92 Å². The second-order valence-corrected chi connectivity index (χ2v) is 5.80. The Labute approximate surface area is 123 Å². The lowest BCUT2D eigenvalue weighted by Crippen LogP contribution is -2.39. The second kappa shape index (κ2) is 7.65. The molecule has 1 aromatic carbocycles. The summed E-state index contributed by atoms with van der Waals surface area (Å²) >= 11 is 0. The molecule has 0 spiro atoms. The Bertz CT molecular complexity index is 400. The Morgan fingerprint density at radius 3 is 2.65 bits per heavy atom. The van der Waals surface area contributed by atoms with Crippen LogP contribution in [-0.2, 0) is 0 Å². The standard InChI is InChI=1S/C17H28N2O/c1-4-20-17-8-6-5-7-15(17)16(18-3)13-19-11-9-14(2)10-12-19/h5-8,14,16,18H,4,9-13H2,1-3H3. The van der Waals surface area contributed by atoms with Crippen LogP contribution >= 0.6 is 0 Å². The molecule has 1 aromatic rings. The monoisotopic (exact) mass is 276 g/mol. The molecule has 2 rings (SSSR count). The van der Waals surface area contributed by atoms with E-state index in [1.165, 1.54) is 31.5 Å². The van der Waals surface area contributed by atoms with Crippen molar-refractivity contribution < 1.29 is 4.74 Å². The Hall–Kier alpha value is -1.06. The van der Waals surface area contributed by atoms with Crippen LogP contribution < -0.4 is 10.1 Å². The molecule has 1 N–H and O–H groups in total. The third-order valence-corrected chi connectivity index (χ3v) is 4.26. The third kappa shape index (κ3) is 3.97. The van der Waals surface area contributed by atoms with E-state index in [0.717, 1.165) is 18.2 Å². The van der Waals surface area contributed by atoms with Gasteiger partial charge in [-0.2, -0.15) is 0 Å². The predicted octanol–water partition coefficient (Wildman–Crippen LogP) is 3.08. The highest BCUT2D eigenvalue weighted by atomic mass is 16.5. The van der Waals surface area contributed by atoms with Crippen LogP contribution in [0.25, 0.3) is 0 Å². The summed E-state index contributed by atoms with van der Waals surface area (Å²) in [5.41, 5.74) is 1.27. The molecule has 1 fully saturated rings. The molecule has 112 valence electrons. The molecule has 3 nitrogen and oxygen atoms in total.